The number of hydrogen-bond donors (Lipinski definition) is 2. The van der Waals surface area contributed by atoms with Gasteiger partial charge in [-0.25, -0.2) is 18.2 Å². The van der Waals surface area contributed by atoms with Crippen LogP contribution in [0.25, 0.3) is 0 Å². The van der Waals surface area contributed by atoms with E-state index in [1.165, 1.54) is 16.8 Å². The number of rotatable bonds is 11. The molecule has 1 amide bonds. The number of aromatic nitrogens is 1. The van der Waals surface area contributed by atoms with E-state index < -0.39 is 36.0 Å². The maximum Gasteiger partial charge on any atom is 0.240 e. The summed E-state index contributed by atoms with van der Waals surface area (Å²) in [4.78, 5) is 16.7. The largest absolute Gasteiger partial charge is 0.482 e. The predicted octanol–water partition coefficient (Wildman–Crippen LogP) is 3.59. The summed E-state index contributed by atoms with van der Waals surface area (Å²) >= 11 is 0. The first kappa shape index (κ1) is 25.2. The van der Waals surface area contributed by atoms with Gasteiger partial charge >= 0.3 is 0 Å². The summed E-state index contributed by atoms with van der Waals surface area (Å²) < 4.78 is 49.2. The summed E-state index contributed by atoms with van der Waals surface area (Å²) in [6.07, 6.45) is 3.70. The number of allylic oxidation sites excluding steroid dienone is 1. The van der Waals surface area contributed by atoms with E-state index in [0.717, 1.165) is 31.0 Å². The molecule has 2 N–H and O–H groups in total. The Morgan fingerprint density at radius 1 is 1.25 bits per heavy atom. The summed E-state index contributed by atoms with van der Waals surface area (Å²) in [5, 5.41) is 12.2. The van der Waals surface area contributed by atoms with E-state index in [-0.39, 0.29) is 30.0 Å². The molecular weight excluding hydrogens is 423 g/mol. The van der Waals surface area contributed by atoms with Crippen molar-refractivity contribution in [3.63, 3.8) is 0 Å². The summed E-state index contributed by atoms with van der Waals surface area (Å²) in [7, 11) is 0. The maximum atomic E-state index is 14.6. The number of carbonyl (C=O) groups is 1. The molecule has 0 radical (unpaired) electrons. The maximum absolute atomic E-state index is 14.6. The van der Waals surface area contributed by atoms with Crippen LogP contribution in [-0.4, -0.2) is 28.2 Å². The Morgan fingerprint density at radius 3 is 2.53 bits per heavy atom. The van der Waals surface area contributed by atoms with Crippen molar-refractivity contribution in [3.05, 3.63) is 71.2 Å². The summed E-state index contributed by atoms with van der Waals surface area (Å²) in [6.45, 7) is 6.23. The normalized spacial score (nSPS) is 12.5. The second-order valence-corrected chi connectivity index (χ2v) is 7.37. The molecule has 1 aromatic heterocycles. The van der Waals surface area contributed by atoms with E-state index in [9.17, 15) is 23.1 Å². The van der Waals surface area contributed by atoms with Crippen LogP contribution in [0, 0.1) is 17.5 Å². The zero-order valence-corrected chi connectivity index (χ0v) is 18.2. The van der Waals surface area contributed by atoms with Gasteiger partial charge in [0.25, 0.3) is 0 Å². The number of aliphatic hydroxyl groups is 1. The molecule has 0 aliphatic carbocycles. The number of carbonyl (C=O) groups excluding carboxylic acids is 1. The molecule has 0 unspecified atom stereocenters. The average Bonchev–Trinajstić information content (AvgIpc) is 2.74. The highest BCUT2D eigenvalue weighted by atomic mass is 19.1. The van der Waals surface area contributed by atoms with Crippen LogP contribution in [0.1, 0.15) is 38.7 Å². The van der Waals surface area contributed by atoms with Gasteiger partial charge in [0.2, 0.25) is 5.91 Å². The Morgan fingerprint density at radius 2 is 1.94 bits per heavy atom. The molecule has 32 heavy (non-hydrogen) atoms. The van der Waals surface area contributed by atoms with Crippen molar-refractivity contribution in [3.8, 4) is 5.75 Å². The van der Waals surface area contributed by atoms with Gasteiger partial charge in [-0.3, -0.25) is 4.79 Å². The molecule has 0 fully saturated rings. The van der Waals surface area contributed by atoms with Crippen LogP contribution in [0.3, 0.4) is 0 Å². The molecule has 0 bridgehead atoms. The minimum atomic E-state index is -0.825. The molecule has 0 aliphatic heterocycles. The van der Waals surface area contributed by atoms with Gasteiger partial charge in [-0.15, -0.1) is 0 Å². The first-order chi connectivity index (χ1) is 15.3. The van der Waals surface area contributed by atoms with E-state index in [0.29, 0.717) is 12.1 Å². The molecule has 2 aromatic rings. The van der Waals surface area contributed by atoms with Crippen molar-refractivity contribution in [1.82, 2.24) is 9.88 Å². The molecule has 2 rings (SSSR count). The second-order valence-electron chi connectivity index (χ2n) is 7.37. The van der Waals surface area contributed by atoms with Gasteiger partial charge in [0.1, 0.15) is 24.8 Å². The topological polar surface area (TPSA) is 75.9 Å². The van der Waals surface area contributed by atoms with Crippen LogP contribution in [0.15, 0.2) is 47.7 Å². The van der Waals surface area contributed by atoms with Crippen LogP contribution in [0.2, 0.25) is 0 Å². The number of aliphatic hydroxyl groups excluding tert-OH is 1. The molecule has 1 aromatic carbocycles. The second kappa shape index (κ2) is 12.1. The Balaban J connectivity index is 2.33. The molecule has 0 saturated heterocycles. The number of hydrogen-bond acceptors (Lipinski definition) is 4. The van der Waals surface area contributed by atoms with Gasteiger partial charge in [-0.2, -0.15) is 0 Å². The number of ether oxygens (including phenoxy) is 1. The number of amides is 1. The van der Waals surface area contributed by atoms with Crippen LogP contribution >= 0.6 is 0 Å². The monoisotopic (exact) mass is 451 g/mol. The van der Waals surface area contributed by atoms with E-state index >= 15 is 0 Å². The quantitative estimate of drug-likeness (QED) is 0.548. The first-order valence-electron chi connectivity index (χ1n) is 10.3. The van der Waals surface area contributed by atoms with E-state index in [2.05, 4.69) is 16.9 Å². The SMILES string of the molecule is C=C(C)/N=c1/c(OCc2c(F)cccc2F)c(F)ccn1CC(=O)N[C@@H](CO)CCCC. The Labute approximate surface area is 185 Å². The van der Waals surface area contributed by atoms with Gasteiger partial charge in [0.05, 0.1) is 18.2 Å². The highest BCUT2D eigenvalue weighted by Gasteiger charge is 2.17. The number of unbranched alkanes of at least 4 members (excludes halogenated alkanes) is 1. The third-order valence-corrected chi connectivity index (χ3v) is 4.62. The minimum absolute atomic E-state index is 0.0569. The van der Waals surface area contributed by atoms with Crippen LogP contribution in [0.5, 0.6) is 5.75 Å². The molecule has 6 nitrogen and oxygen atoms in total. The zero-order valence-electron chi connectivity index (χ0n) is 18.2. The lowest BCUT2D eigenvalue weighted by Gasteiger charge is -2.18. The molecule has 0 saturated carbocycles. The number of halogens is 3. The van der Waals surface area contributed by atoms with Crippen molar-refractivity contribution in [2.45, 2.75) is 52.3 Å². The summed E-state index contributed by atoms with van der Waals surface area (Å²) in [6, 6.07) is 4.03. The molecular formula is C23H28F3N3O3. The Hall–Kier alpha value is -3.07. The van der Waals surface area contributed by atoms with Crippen LogP contribution < -0.4 is 15.5 Å². The summed E-state index contributed by atoms with van der Waals surface area (Å²) in [5.41, 5.74) is -0.107. The fourth-order valence-corrected chi connectivity index (χ4v) is 3.00. The number of pyridine rings is 1. The van der Waals surface area contributed by atoms with Crippen molar-refractivity contribution in [1.29, 1.82) is 0 Å². The predicted molar refractivity (Wildman–Crippen MR) is 114 cm³/mol. The van der Waals surface area contributed by atoms with E-state index in [1.807, 2.05) is 6.92 Å². The van der Waals surface area contributed by atoms with Gasteiger partial charge in [-0.05, 0) is 31.5 Å². The lowest BCUT2D eigenvalue weighted by Crippen LogP contribution is -2.41. The molecule has 174 valence electrons. The smallest absolute Gasteiger partial charge is 0.240 e. The lowest BCUT2D eigenvalue weighted by atomic mass is 10.1. The highest BCUT2D eigenvalue weighted by molar-refractivity contribution is 5.76. The standard InChI is InChI=1S/C23H28F3N3O3/c1-4-5-7-16(13-30)28-21(31)12-29-11-10-20(26)22(23(29)27-15(2)3)32-14-17-18(24)8-6-9-19(17)25/h6,8-11,16,30H,2,4-5,7,12-14H2,1,3H3,(H,28,31)/b27-23-/t16-/m1/s1. The lowest BCUT2D eigenvalue weighted by molar-refractivity contribution is -0.122. The van der Waals surface area contributed by atoms with Crippen LogP contribution in [-0.2, 0) is 17.9 Å². The molecule has 1 atom stereocenters. The van der Waals surface area contributed by atoms with Crippen LogP contribution in [0.4, 0.5) is 13.2 Å². The highest BCUT2D eigenvalue weighted by Crippen LogP contribution is 2.17. The third-order valence-electron chi connectivity index (χ3n) is 4.62. The van der Waals surface area contributed by atoms with Crippen molar-refractivity contribution >= 4 is 5.91 Å². The molecule has 0 aliphatic rings. The molecule has 0 spiro atoms. The fraction of sp³-hybridized carbons (Fsp3) is 0.391. The van der Waals surface area contributed by atoms with Gasteiger partial charge in [0.15, 0.2) is 17.1 Å². The average molecular weight is 451 g/mol. The minimum Gasteiger partial charge on any atom is -0.482 e. The molecule has 1 heterocycles. The fourth-order valence-electron chi connectivity index (χ4n) is 3.00. The van der Waals surface area contributed by atoms with Gasteiger partial charge in [-0.1, -0.05) is 32.4 Å². The van der Waals surface area contributed by atoms with E-state index in [1.54, 1.807) is 6.92 Å². The van der Waals surface area contributed by atoms with Gasteiger partial charge < -0.3 is 19.7 Å². The number of nitrogens with zero attached hydrogens (tertiary/aromatic N) is 2. The Bertz CT molecular complexity index is 1000. The van der Waals surface area contributed by atoms with E-state index in [4.69, 9.17) is 4.74 Å². The van der Waals surface area contributed by atoms with Crippen molar-refractivity contribution < 1.29 is 27.8 Å². The van der Waals surface area contributed by atoms with Crippen molar-refractivity contribution in [2.75, 3.05) is 6.61 Å². The third kappa shape index (κ3) is 6.98. The summed E-state index contributed by atoms with van der Waals surface area (Å²) in [5.74, 6) is -3.24. The zero-order chi connectivity index (χ0) is 23.7. The van der Waals surface area contributed by atoms with Crippen molar-refractivity contribution in [2.24, 2.45) is 4.99 Å². The Kier molecular flexibility index (Phi) is 9.52. The number of benzene rings is 1. The number of nitrogens with one attached hydrogen (secondary N) is 1. The molecule has 9 heteroatoms. The van der Waals surface area contributed by atoms with Gasteiger partial charge in [0, 0.05) is 11.9 Å². The first-order valence-corrected chi connectivity index (χ1v) is 10.3.